The molecule has 2 aliphatic rings. The zero-order valence-corrected chi connectivity index (χ0v) is 14.5. The lowest BCUT2D eigenvalue weighted by molar-refractivity contribution is -0.123. The summed E-state index contributed by atoms with van der Waals surface area (Å²) in [5.41, 5.74) is 2.20. The van der Waals surface area contributed by atoms with E-state index in [1.165, 1.54) is 6.07 Å². The van der Waals surface area contributed by atoms with E-state index in [0.717, 1.165) is 69.5 Å². The standard InChI is InChI=1S/C19H28FN3O/c1-14-6-7-17(20)10-16(14)13-23-9-3-4-15(12-23)11-22-19(24)18-5-2-8-21-18/h6-7,10,15,18,21H,2-5,8-9,11-13H2,1H3,(H,22,24). The van der Waals surface area contributed by atoms with Crippen molar-refractivity contribution >= 4 is 5.91 Å². The lowest BCUT2D eigenvalue weighted by Crippen LogP contribution is -2.45. The minimum absolute atomic E-state index is 0.000336. The Kier molecular flexibility index (Phi) is 5.85. The number of likely N-dealkylation sites (tertiary alicyclic amines) is 1. The first-order valence-electron chi connectivity index (χ1n) is 9.10. The Hall–Kier alpha value is -1.46. The molecule has 1 aromatic rings. The van der Waals surface area contributed by atoms with E-state index < -0.39 is 0 Å². The molecule has 0 aromatic heterocycles. The predicted molar refractivity (Wildman–Crippen MR) is 93.2 cm³/mol. The highest BCUT2D eigenvalue weighted by Gasteiger charge is 2.24. The maximum Gasteiger partial charge on any atom is 0.237 e. The highest BCUT2D eigenvalue weighted by molar-refractivity contribution is 5.81. The van der Waals surface area contributed by atoms with Crippen LogP contribution in [-0.2, 0) is 11.3 Å². The fourth-order valence-electron chi connectivity index (χ4n) is 3.79. The molecule has 4 nitrogen and oxygen atoms in total. The molecule has 3 rings (SSSR count). The van der Waals surface area contributed by atoms with Crippen LogP contribution in [0.5, 0.6) is 0 Å². The topological polar surface area (TPSA) is 44.4 Å². The van der Waals surface area contributed by atoms with Crippen LogP contribution in [-0.4, -0.2) is 43.0 Å². The summed E-state index contributed by atoms with van der Waals surface area (Å²) in [6.07, 6.45) is 4.32. The van der Waals surface area contributed by atoms with Crippen molar-refractivity contribution in [2.24, 2.45) is 5.92 Å². The average Bonchev–Trinajstić information content (AvgIpc) is 3.11. The van der Waals surface area contributed by atoms with Crippen molar-refractivity contribution in [1.82, 2.24) is 15.5 Å². The van der Waals surface area contributed by atoms with Crippen molar-refractivity contribution in [1.29, 1.82) is 0 Å². The van der Waals surface area contributed by atoms with Gasteiger partial charge in [-0.3, -0.25) is 9.69 Å². The number of benzene rings is 1. The minimum atomic E-state index is -0.166. The summed E-state index contributed by atoms with van der Waals surface area (Å²) in [6.45, 7) is 6.53. The van der Waals surface area contributed by atoms with Gasteiger partial charge in [0.15, 0.2) is 0 Å². The van der Waals surface area contributed by atoms with Crippen molar-refractivity contribution in [3.05, 3.63) is 35.1 Å². The van der Waals surface area contributed by atoms with E-state index in [4.69, 9.17) is 0 Å². The molecule has 0 aliphatic carbocycles. The molecule has 2 atom stereocenters. The first-order chi connectivity index (χ1) is 11.6. The molecule has 0 radical (unpaired) electrons. The Labute approximate surface area is 143 Å². The first-order valence-corrected chi connectivity index (χ1v) is 9.10. The Bertz CT molecular complexity index is 572. The lowest BCUT2D eigenvalue weighted by atomic mass is 9.97. The maximum absolute atomic E-state index is 13.5. The van der Waals surface area contributed by atoms with E-state index in [1.807, 2.05) is 13.0 Å². The zero-order valence-electron chi connectivity index (χ0n) is 14.5. The van der Waals surface area contributed by atoms with Crippen LogP contribution in [0.1, 0.15) is 36.8 Å². The molecule has 1 aromatic carbocycles. The number of carbonyl (C=O) groups excluding carboxylic acids is 1. The van der Waals surface area contributed by atoms with Gasteiger partial charge in [-0.25, -0.2) is 4.39 Å². The van der Waals surface area contributed by atoms with Crippen LogP contribution in [0.2, 0.25) is 0 Å². The van der Waals surface area contributed by atoms with Gasteiger partial charge in [0.25, 0.3) is 0 Å². The summed E-state index contributed by atoms with van der Waals surface area (Å²) in [4.78, 5) is 14.5. The largest absolute Gasteiger partial charge is 0.354 e. The molecule has 2 fully saturated rings. The van der Waals surface area contributed by atoms with Crippen LogP contribution >= 0.6 is 0 Å². The zero-order chi connectivity index (χ0) is 16.9. The maximum atomic E-state index is 13.5. The number of hydrogen-bond acceptors (Lipinski definition) is 3. The third-order valence-electron chi connectivity index (χ3n) is 5.25. The van der Waals surface area contributed by atoms with Gasteiger partial charge in [0, 0.05) is 19.6 Å². The van der Waals surface area contributed by atoms with Crippen LogP contribution in [0, 0.1) is 18.7 Å². The van der Waals surface area contributed by atoms with Crippen LogP contribution in [0.25, 0.3) is 0 Å². The van der Waals surface area contributed by atoms with E-state index in [2.05, 4.69) is 15.5 Å². The predicted octanol–water partition coefficient (Wildman–Crippen LogP) is 2.21. The molecule has 5 heteroatoms. The second-order valence-electron chi connectivity index (χ2n) is 7.21. The first kappa shape index (κ1) is 17.4. The summed E-state index contributed by atoms with van der Waals surface area (Å²) in [5, 5.41) is 6.35. The molecule has 1 amide bonds. The fourth-order valence-corrected chi connectivity index (χ4v) is 3.79. The highest BCUT2D eigenvalue weighted by atomic mass is 19.1. The molecular weight excluding hydrogens is 305 g/mol. The summed E-state index contributed by atoms with van der Waals surface area (Å²) >= 11 is 0. The molecule has 2 heterocycles. The molecule has 24 heavy (non-hydrogen) atoms. The van der Waals surface area contributed by atoms with Crippen LogP contribution in [0.4, 0.5) is 4.39 Å². The molecule has 0 bridgehead atoms. The van der Waals surface area contributed by atoms with E-state index in [0.29, 0.717) is 5.92 Å². The molecule has 2 aliphatic heterocycles. The average molecular weight is 333 g/mol. The van der Waals surface area contributed by atoms with E-state index in [1.54, 1.807) is 6.07 Å². The van der Waals surface area contributed by atoms with Crippen LogP contribution in [0.15, 0.2) is 18.2 Å². The number of nitrogens with zero attached hydrogens (tertiary/aromatic N) is 1. The minimum Gasteiger partial charge on any atom is -0.354 e. The van der Waals surface area contributed by atoms with Crippen LogP contribution in [0.3, 0.4) is 0 Å². The quantitative estimate of drug-likeness (QED) is 0.868. The summed E-state index contributed by atoms with van der Waals surface area (Å²) in [7, 11) is 0. The third kappa shape index (κ3) is 4.54. The lowest BCUT2D eigenvalue weighted by Gasteiger charge is -2.33. The van der Waals surface area contributed by atoms with Gasteiger partial charge in [0.2, 0.25) is 5.91 Å². The van der Waals surface area contributed by atoms with Gasteiger partial charge in [-0.15, -0.1) is 0 Å². The van der Waals surface area contributed by atoms with Crippen molar-refractivity contribution in [3.63, 3.8) is 0 Å². The van der Waals surface area contributed by atoms with Gasteiger partial charge in [0.05, 0.1) is 6.04 Å². The molecule has 2 unspecified atom stereocenters. The summed E-state index contributed by atoms with van der Waals surface area (Å²) in [6, 6.07) is 5.01. The van der Waals surface area contributed by atoms with E-state index in [-0.39, 0.29) is 17.8 Å². The number of aryl methyl sites for hydroxylation is 1. The van der Waals surface area contributed by atoms with Gasteiger partial charge < -0.3 is 10.6 Å². The SMILES string of the molecule is Cc1ccc(F)cc1CN1CCCC(CNC(=O)C2CCCN2)C1. The number of amides is 1. The Morgan fingerprint density at radius 1 is 1.38 bits per heavy atom. The Balaban J connectivity index is 1.49. The van der Waals surface area contributed by atoms with E-state index in [9.17, 15) is 9.18 Å². The number of nitrogens with one attached hydrogen (secondary N) is 2. The molecule has 0 saturated carbocycles. The highest BCUT2D eigenvalue weighted by Crippen LogP contribution is 2.20. The number of rotatable bonds is 5. The molecule has 0 spiro atoms. The molecule has 132 valence electrons. The van der Waals surface area contributed by atoms with E-state index >= 15 is 0 Å². The normalized spacial score (nSPS) is 24.9. The van der Waals surface area contributed by atoms with Crippen molar-refractivity contribution in [3.8, 4) is 0 Å². The monoisotopic (exact) mass is 333 g/mol. The van der Waals surface area contributed by atoms with Gasteiger partial charge in [-0.1, -0.05) is 6.07 Å². The van der Waals surface area contributed by atoms with Crippen molar-refractivity contribution < 1.29 is 9.18 Å². The van der Waals surface area contributed by atoms with Crippen molar-refractivity contribution in [2.45, 2.75) is 45.2 Å². The number of halogens is 1. The van der Waals surface area contributed by atoms with Gasteiger partial charge >= 0.3 is 0 Å². The molecule has 2 N–H and O–H groups in total. The van der Waals surface area contributed by atoms with Gasteiger partial charge in [-0.2, -0.15) is 0 Å². The number of piperidine rings is 1. The second-order valence-corrected chi connectivity index (χ2v) is 7.21. The smallest absolute Gasteiger partial charge is 0.237 e. The number of carbonyl (C=O) groups is 1. The molecular formula is C19H28FN3O. The van der Waals surface area contributed by atoms with Crippen LogP contribution < -0.4 is 10.6 Å². The Morgan fingerprint density at radius 2 is 2.25 bits per heavy atom. The summed E-state index contributed by atoms with van der Waals surface area (Å²) in [5.74, 6) is 0.462. The van der Waals surface area contributed by atoms with Gasteiger partial charge in [-0.05, 0) is 74.9 Å². The van der Waals surface area contributed by atoms with Gasteiger partial charge in [0.1, 0.15) is 5.82 Å². The Morgan fingerprint density at radius 3 is 3.04 bits per heavy atom. The second kappa shape index (κ2) is 8.08. The number of hydrogen-bond donors (Lipinski definition) is 2. The summed E-state index contributed by atoms with van der Waals surface area (Å²) < 4.78 is 13.5. The molecule has 2 saturated heterocycles. The third-order valence-corrected chi connectivity index (χ3v) is 5.25. The van der Waals surface area contributed by atoms with Crippen molar-refractivity contribution in [2.75, 3.05) is 26.2 Å². The fraction of sp³-hybridized carbons (Fsp3) is 0.632.